The fourth-order valence-corrected chi connectivity index (χ4v) is 4.61. The van der Waals surface area contributed by atoms with Gasteiger partial charge in [0.15, 0.2) is 5.16 Å². The molecular formula is C24H18FN3O2S. The molecule has 5 rings (SSSR count). The molecular weight excluding hydrogens is 413 g/mol. The van der Waals surface area contributed by atoms with E-state index in [9.17, 15) is 9.18 Å². The zero-order valence-electron chi connectivity index (χ0n) is 16.6. The number of thioether (sulfide) groups is 1. The predicted molar refractivity (Wildman–Crippen MR) is 122 cm³/mol. The van der Waals surface area contributed by atoms with Crippen LogP contribution in [0.2, 0.25) is 0 Å². The maximum Gasteiger partial charge on any atom is 0.283 e. The molecule has 5 nitrogen and oxygen atoms in total. The Morgan fingerprint density at radius 2 is 1.77 bits per heavy atom. The summed E-state index contributed by atoms with van der Waals surface area (Å²) in [4.78, 5) is 21.6. The van der Waals surface area contributed by atoms with Crippen molar-refractivity contribution in [2.45, 2.75) is 10.9 Å². The first-order chi connectivity index (χ1) is 15.2. The molecule has 3 aromatic carbocycles. The lowest BCUT2D eigenvalue weighted by atomic mass is 10.2. The molecule has 7 heteroatoms. The monoisotopic (exact) mass is 431 g/mol. The smallest absolute Gasteiger partial charge is 0.283 e. The Bertz CT molecular complexity index is 1480. The Morgan fingerprint density at radius 1 is 1.03 bits per heavy atom. The van der Waals surface area contributed by atoms with Crippen molar-refractivity contribution in [2.24, 2.45) is 0 Å². The molecule has 0 aliphatic carbocycles. The number of para-hydroxylation sites is 3. The van der Waals surface area contributed by atoms with Crippen molar-refractivity contribution >= 4 is 33.7 Å². The fourth-order valence-electron chi connectivity index (χ4n) is 3.62. The lowest BCUT2D eigenvalue weighted by Gasteiger charge is -2.15. The molecule has 0 saturated heterocycles. The molecule has 0 amide bonds. The fraction of sp³-hybridized carbons (Fsp3) is 0.0833. The molecule has 31 heavy (non-hydrogen) atoms. The van der Waals surface area contributed by atoms with E-state index < -0.39 is 0 Å². The number of nitrogens with one attached hydrogen (secondary N) is 1. The van der Waals surface area contributed by atoms with Gasteiger partial charge in [-0.2, -0.15) is 0 Å². The number of fused-ring (bicyclic) bond motifs is 3. The van der Waals surface area contributed by atoms with Crippen LogP contribution in [0.5, 0.6) is 5.75 Å². The minimum atomic E-state index is -0.283. The van der Waals surface area contributed by atoms with Crippen molar-refractivity contribution in [2.75, 3.05) is 7.11 Å². The quantitative estimate of drug-likeness (QED) is 0.303. The number of aromatic amines is 1. The number of ether oxygens (including phenoxy) is 1. The molecule has 1 N–H and O–H groups in total. The Hall–Kier alpha value is -3.58. The summed E-state index contributed by atoms with van der Waals surface area (Å²) in [5.74, 6) is 0.603. The van der Waals surface area contributed by atoms with Gasteiger partial charge in [0.2, 0.25) is 0 Å². The summed E-state index contributed by atoms with van der Waals surface area (Å²) < 4.78 is 21.2. The molecule has 0 aliphatic heterocycles. The van der Waals surface area contributed by atoms with E-state index in [0.717, 1.165) is 10.9 Å². The van der Waals surface area contributed by atoms with Gasteiger partial charge < -0.3 is 9.72 Å². The average Bonchev–Trinajstić information content (AvgIpc) is 3.18. The van der Waals surface area contributed by atoms with Crippen molar-refractivity contribution < 1.29 is 9.13 Å². The summed E-state index contributed by atoms with van der Waals surface area (Å²) in [5.41, 5.74) is 2.75. The van der Waals surface area contributed by atoms with Crippen molar-refractivity contribution in [3.8, 4) is 11.4 Å². The number of H-pyrrole nitrogens is 1. The van der Waals surface area contributed by atoms with E-state index in [1.54, 1.807) is 31.4 Å². The van der Waals surface area contributed by atoms with Crippen LogP contribution in [-0.2, 0) is 5.75 Å². The van der Waals surface area contributed by atoms with Crippen LogP contribution in [0.3, 0.4) is 0 Å². The first kappa shape index (κ1) is 19.4. The molecule has 2 heterocycles. The zero-order chi connectivity index (χ0) is 21.4. The van der Waals surface area contributed by atoms with Crippen LogP contribution in [0.1, 0.15) is 5.56 Å². The number of hydrogen-bond donors (Lipinski definition) is 1. The van der Waals surface area contributed by atoms with Gasteiger partial charge in [0.05, 0.1) is 12.8 Å². The Labute approximate surface area is 181 Å². The second-order valence-electron chi connectivity index (χ2n) is 6.98. The first-order valence-electron chi connectivity index (χ1n) is 9.70. The van der Waals surface area contributed by atoms with Gasteiger partial charge >= 0.3 is 0 Å². The SMILES string of the molecule is COc1ccccc1-n1c(SCc2ccccc2F)nc2c([nH]c3ccccc32)c1=O. The summed E-state index contributed by atoms with van der Waals surface area (Å²) >= 11 is 1.31. The molecule has 0 saturated carbocycles. The number of nitrogens with zero attached hydrogens (tertiary/aromatic N) is 2. The third kappa shape index (κ3) is 3.37. The first-order valence-corrected chi connectivity index (χ1v) is 10.7. The predicted octanol–water partition coefficient (Wildman–Crippen LogP) is 5.31. The van der Waals surface area contributed by atoms with E-state index in [2.05, 4.69) is 4.98 Å². The molecule has 154 valence electrons. The van der Waals surface area contributed by atoms with Crippen molar-refractivity contribution in [1.29, 1.82) is 0 Å². The minimum Gasteiger partial charge on any atom is -0.495 e. The van der Waals surface area contributed by atoms with Crippen LogP contribution in [0.4, 0.5) is 4.39 Å². The van der Waals surface area contributed by atoms with Gasteiger partial charge in [0.25, 0.3) is 5.56 Å². The second kappa shape index (κ2) is 7.92. The number of rotatable bonds is 5. The number of hydrogen-bond acceptors (Lipinski definition) is 4. The third-order valence-electron chi connectivity index (χ3n) is 5.14. The molecule has 0 atom stereocenters. The molecule has 0 radical (unpaired) electrons. The topological polar surface area (TPSA) is 59.9 Å². The lowest BCUT2D eigenvalue weighted by Crippen LogP contribution is -2.22. The highest BCUT2D eigenvalue weighted by Gasteiger charge is 2.19. The van der Waals surface area contributed by atoms with Gasteiger partial charge in [-0.15, -0.1) is 0 Å². The maximum atomic E-state index is 14.2. The van der Waals surface area contributed by atoms with Crippen LogP contribution in [0.25, 0.3) is 27.6 Å². The number of halogens is 1. The van der Waals surface area contributed by atoms with E-state index >= 15 is 0 Å². The van der Waals surface area contributed by atoms with Gasteiger partial charge in [-0.25, -0.2) is 13.9 Å². The van der Waals surface area contributed by atoms with Crippen LogP contribution < -0.4 is 10.3 Å². The van der Waals surface area contributed by atoms with Crippen molar-refractivity contribution in [3.05, 3.63) is 94.5 Å². The molecule has 5 aromatic rings. The summed E-state index contributed by atoms with van der Waals surface area (Å²) in [5, 5.41) is 1.34. The summed E-state index contributed by atoms with van der Waals surface area (Å²) in [6.07, 6.45) is 0. The van der Waals surface area contributed by atoms with Gasteiger partial charge in [0, 0.05) is 16.7 Å². The van der Waals surface area contributed by atoms with Gasteiger partial charge in [-0.05, 0) is 29.8 Å². The summed E-state index contributed by atoms with van der Waals surface area (Å²) in [6.45, 7) is 0. The minimum absolute atomic E-state index is 0.235. The largest absolute Gasteiger partial charge is 0.495 e. The Morgan fingerprint density at radius 3 is 2.61 bits per heavy atom. The molecule has 0 aliphatic rings. The number of methoxy groups -OCH3 is 1. The molecule has 0 fully saturated rings. The van der Waals surface area contributed by atoms with Gasteiger partial charge in [-0.1, -0.05) is 60.3 Å². The highest BCUT2D eigenvalue weighted by molar-refractivity contribution is 7.98. The van der Waals surface area contributed by atoms with E-state index in [1.165, 1.54) is 22.4 Å². The highest BCUT2D eigenvalue weighted by atomic mass is 32.2. The normalized spacial score (nSPS) is 11.3. The summed E-state index contributed by atoms with van der Waals surface area (Å²) in [7, 11) is 1.56. The Kier molecular flexibility index (Phi) is 4.95. The average molecular weight is 431 g/mol. The highest BCUT2D eigenvalue weighted by Crippen LogP contribution is 2.31. The molecule has 0 bridgehead atoms. The maximum absolute atomic E-state index is 14.2. The van der Waals surface area contributed by atoms with Crippen LogP contribution in [-0.4, -0.2) is 21.6 Å². The van der Waals surface area contributed by atoms with Gasteiger partial charge in [-0.3, -0.25) is 4.79 Å². The standard InChI is InChI=1S/C24H18FN3O2S/c1-30-20-13-7-6-12-19(20)28-23(29)22-21(16-9-3-5-11-18(16)26-22)27-24(28)31-14-15-8-2-4-10-17(15)25/h2-13,26H,14H2,1H3. The second-order valence-corrected chi connectivity index (χ2v) is 7.92. The molecule has 2 aromatic heterocycles. The number of aromatic nitrogens is 3. The summed E-state index contributed by atoms with van der Waals surface area (Å²) in [6, 6.07) is 21.6. The third-order valence-corrected chi connectivity index (χ3v) is 6.12. The number of benzene rings is 3. The zero-order valence-corrected chi connectivity index (χ0v) is 17.4. The van der Waals surface area contributed by atoms with E-state index in [4.69, 9.17) is 9.72 Å². The van der Waals surface area contributed by atoms with Gasteiger partial charge in [0.1, 0.15) is 22.6 Å². The molecule has 0 unspecified atom stereocenters. The van der Waals surface area contributed by atoms with Crippen molar-refractivity contribution in [1.82, 2.24) is 14.5 Å². The van der Waals surface area contributed by atoms with Crippen LogP contribution in [0, 0.1) is 5.82 Å². The van der Waals surface area contributed by atoms with Crippen LogP contribution in [0.15, 0.2) is 82.7 Å². The Balaban J connectivity index is 1.75. The van der Waals surface area contributed by atoms with Crippen LogP contribution >= 0.6 is 11.8 Å². The van der Waals surface area contributed by atoms with E-state index in [1.807, 2.05) is 42.5 Å². The van der Waals surface area contributed by atoms with Crippen molar-refractivity contribution in [3.63, 3.8) is 0 Å². The van der Waals surface area contributed by atoms with E-state index in [0.29, 0.717) is 38.9 Å². The molecule has 0 spiro atoms. The lowest BCUT2D eigenvalue weighted by molar-refractivity contribution is 0.411. The van der Waals surface area contributed by atoms with E-state index in [-0.39, 0.29) is 11.4 Å².